The van der Waals surface area contributed by atoms with E-state index >= 15 is 0 Å². The van der Waals surface area contributed by atoms with Gasteiger partial charge in [-0.2, -0.15) is 0 Å². The molecule has 2 heterocycles. The van der Waals surface area contributed by atoms with Crippen molar-refractivity contribution in [3.05, 3.63) is 0 Å². The SMILES string of the molecule is CC(C)C(OC(=O)N(C)C)C1CC[C@H]2C(O1)[C@H](O)[C@@]1(C)C3CC[C@H]4C(C)(C)C(OC(=O)N5CCC5)CCC45CC35CCC21C. The Bertz CT molecular complexity index is 1190. The average molecular weight is 615 g/mol. The normalized spacial score (nSPS) is 48.9. The Morgan fingerprint density at radius 1 is 0.932 bits per heavy atom. The van der Waals surface area contributed by atoms with Gasteiger partial charge in [-0.05, 0) is 104 Å². The van der Waals surface area contributed by atoms with Crippen LogP contribution in [0.4, 0.5) is 9.59 Å². The number of aliphatic hydroxyl groups is 1. The molecule has 44 heavy (non-hydrogen) atoms. The molecule has 8 unspecified atom stereocenters. The van der Waals surface area contributed by atoms with Gasteiger partial charge in [-0.3, -0.25) is 0 Å². The minimum atomic E-state index is -0.532. The second-order valence-electron chi connectivity index (χ2n) is 17.7. The fourth-order valence-electron chi connectivity index (χ4n) is 12.8. The van der Waals surface area contributed by atoms with Crippen molar-refractivity contribution in [2.24, 2.45) is 50.7 Å². The Balaban J connectivity index is 1.13. The predicted molar refractivity (Wildman–Crippen MR) is 167 cm³/mol. The van der Waals surface area contributed by atoms with Crippen LogP contribution in [0.2, 0.25) is 0 Å². The quantitative estimate of drug-likeness (QED) is 0.390. The van der Waals surface area contributed by atoms with Crippen molar-refractivity contribution >= 4 is 12.2 Å². The van der Waals surface area contributed by atoms with Crippen LogP contribution in [0, 0.1) is 50.7 Å². The second-order valence-corrected chi connectivity index (χ2v) is 17.7. The highest BCUT2D eigenvalue weighted by atomic mass is 16.6. The number of fused-ring (bicyclic) bond motifs is 4. The first kappa shape index (κ1) is 31.1. The van der Waals surface area contributed by atoms with Crippen LogP contribution >= 0.6 is 0 Å². The van der Waals surface area contributed by atoms with E-state index in [1.807, 2.05) is 4.90 Å². The lowest BCUT2D eigenvalue weighted by Gasteiger charge is -2.63. The lowest BCUT2D eigenvalue weighted by Crippen LogP contribution is -2.60. The van der Waals surface area contributed by atoms with Crippen molar-refractivity contribution < 1.29 is 28.9 Å². The summed E-state index contributed by atoms with van der Waals surface area (Å²) in [5.74, 6) is 1.45. The number of hydrogen-bond acceptors (Lipinski definition) is 6. The summed E-state index contributed by atoms with van der Waals surface area (Å²) in [6, 6.07) is 0. The van der Waals surface area contributed by atoms with Gasteiger partial charge in [0.2, 0.25) is 0 Å². The molecule has 0 aromatic carbocycles. The van der Waals surface area contributed by atoms with Crippen LogP contribution in [0.1, 0.15) is 106 Å². The highest BCUT2D eigenvalue weighted by molar-refractivity contribution is 5.68. The molecule has 8 heteroatoms. The molecule has 7 fully saturated rings. The fourth-order valence-corrected chi connectivity index (χ4v) is 12.8. The van der Waals surface area contributed by atoms with Crippen LogP contribution in [0.5, 0.6) is 0 Å². The number of ether oxygens (including phenoxy) is 3. The summed E-state index contributed by atoms with van der Waals surface area (Å²) in [6.07, 6.45) is 9.19. The average Bonchev–Trinajstić information content (AvgIpc) is 3.57. The van der Waals surface area contributed by atoms with Crippen molar-refractivity contribution in [1.82, 2.24) is 9.80 Å². The number of aliphatic hydroxyl groups excluding tert-OH is 1. The van der Waals surface area contributed by atoms with Gasteiger partial charge in [0.15, 0.2) is 0 Å². The third-order valence-electron chi connectivity index (χ3n) is 15.4. The smallest absolute Gasteiger partial charge is 0.410 e. The van der Waals surface area contributed by atoms with Gasteiger partial charge in [0, 0.05) is 38.0 Å². The van der Waals surface area contributed by atoms with Crippen LogP contribution in [0.3, 0.4) is 0 Å². The van der Waals surface area contributed by atoms with Gasteiger partial charge < -0.3 is 29.1 Å². The first-order valence-electron chi connectivity index (χ1n) is 17.8. The van der Waals surface area contributed by atoms with Crippen LogP contribution < -0.4 is 0 Å². The standard InChI is InChI=1S/C36H58N2O6/c1-21(2)27(44-30(40)37(7)8)23-11-10-22-28(42-23)29(39)34(6)25-13-12-24-32(3,4)26(43-31(41)38-18-9-19-38)14-15-35(24)20-36(25,35)17-16-33(22,34)5/h21-29,39H,9-20H2,1-8H3/t22-,23?,24-,25?,26?,27?,28?,29-,33?,34+,35?,36?/m0/s1. The molecule has 0 aromatic heterocycles. The van der Waals surface area contributed by atoms with Gasteiger partial charge in [0.05, 0.1) is 18.3 Å². The molecule has 2 aliphatic heterocycles. The van der Waals surface area contributed by atoms with E-state index in [1.54, 1.807) is 14.1 Å². The maximum atomic E-state index is 12.8. The summed E-state index contributed by atoms with van der Waals surface area (Å²) in [5.41, 5.74) is 0.306. The molecule has 2 amide bonds. The number of nitrogens with zero attached hydrogens (tertiary/aromatic N) is 2. The van der Waals surface area contributed by atoms with Gasteiger partial charge in [-0.15, -0.1) is 0 Å². The van der Waals surface area contributed by atoms with Gasteiger partial charge in [-0.1, -0.05) is 41.5 Å². The van der Waals surface area contributed by atoms with E-state index in [1.165, 1.54) is 17.7 Å². The van der Waals surface area contributed by atoms with Crippen molar-refractivity contribution in [3.63, 3.8) is 0 Å². The Morgan fingerprint density at radius 3 is 2.25 bits per heavy atom. The van der Waals surface area contributed by atoms with E-state index in [2.05, 4.69) is 41.5 Å². The zero-order valence-corrected chi connectivity index (χ0v) is 28.6. The van der Waals surface area contributed by atoms with E-state index in [-0.39, 0.29) is 64.2 Å². The third kappa shape index (κ3) is 3.88. The Kier molecular flexibility index (Phi) is 7.05. The monoisotopic (exact) mass is 614 g/mol. The summed E-state index contributed by atoms with van der Waals surface area (Å²) in [6.45, 7) is 15.5. The molecule has 0 bridgehead atoms. The number of carbonyl (C=O) groups excluding carboxylic acids is 2. The maximum Gasteiger partial charge on any atom is 0.410 e. The molecule has 7 aliphatic rings. The molecule has 8 nitrogen and oxygen atoms in total. The van der Waals surface area contributed by atoms with Gasteiger partial charge in [0.1, 0.15) is 12.2 Å². The largest absolute Gasteiger partial charge is 0.446 e. The van der Waals surface area contributed by atoms with Crippen LogP contribution in [0.25, 0.3) is 0 Å². The molecular formula is C36H58N2O6. The van der Waals surface area contributed by atoms with Gasteiger partial charge in [0.25, 0.3) is 0 Å². The van der Waals surface area contributed by atoms with Crippen molar-refractivity contribution in [2.45, 2.75) is 136 Å². The third-order valence-corrected chi connectivity index (χ3v) is 15.4. The molecule has 12 atom stereocenters. The first-order valence-corrected chi connectivity index (χ1v) is 17.8. The van der Waals surface area contributed by atoms with E-state index in [0.29, 0.717) is 23.2 Å². The summed E-state index contributed by atoms with van der Waals surface area (Å²) in [4.78, 5) is 28.7. The van der Waals surface area contributed by atoms with Crippen molar-refractivity contribution in [2.75, 3.05) is 27.2 Å². The molecule has 0 aromatic rings. The van der Waals surface area contributed by atoms with E-state index in [4.69, 9.17) is 14.2 Å². The molecule has 1 N–H and O–H groups in total. The number of likely N-dealkylation sites (tertiary alicyclic amines) is 1. The predicted octanol–water partition coefficient (Wildman–Crippen LogP) is 6.49. The maximum absolute atomic E-state index is 12.8. The Morgan fingerprint density at radius 2 is 1.61 bits per heavy atom. The summed E-state index contributed by atoms with van der Waals surface area (Å²) in [7, 11) is 3.43. The highest BCUT2D eigenvalue weighted by Crippen LogP contribution is 2.89. The molecule has 0 radical (unpaired) electrons. The lowest BCUT2D eigenvalue weighted by molar-refractivity contribution is -0.185. The first-order chi connectivity index (χ1) is 20.6. The highest BCUT2D eigenvalue weighted by Gasteiger charge is 2.84. The molecule has 7 rings (SSSR count). The summed E-state index contributed by atoms with van der Waals surface area (Å²) >= 11 is 0. The van der Waals surface area contributed by atoms with Crippen molar-refractivity contribution in [3.8, 4) is 0 Å². The number of hydrogen-bond donors (Lipinski definition) is 1. The van der Waals surface area contributed by atoms with E-state index in [0.717, 1.165) is 64.5 Å². The van der Waals surface area contributed by atoms with Crippen molar-refractivity contribution in [1.29, 1.82) is 0 Å². The lowest BCUT2D eigenvalue weighted by atomic mass is 9.41. The van der Waals surface area contributed by atoms with Crippen LogP contribution in [-0.4, -0.2) is 84.8 Å². The molecule has 5 saturated carbocycles. The zero-order valence-electron chi connectivity index (χ0n) is 28.6. The molecule has 5 aliphatic carbocycles. The molecule has 2 spiro atoms. The summed E-state index contributed by atoms with van der Waals surface area (Å²) < 4.78 is 19.1. The van der Waals surface area contributed by atoms with Crippen LogP contribution in [0.15, 0.2) is 0 Å². The minimum Gasteiger partial charge on any atom is -0.446 e. The Labute approximate surface area is 264 Å². The number of carbonyl (C=O) groups is 2. The van der Waals surface area contributed by atoms with E-state index < -0.39 is 6.10 Å². The van der Waals surface area contributed by atoms with Gasteiger partial charge >= 0.3 is 12.2 Å². The van der Waals surface area contributed by atoms with Crippen LogP contribution in [-0.2, 0) is 14.2 Å². The minimum absolute atomic E-state index is 0.0156. The topological polar surface area (TPSA) is 88.5 Å². The number of amides is 2. The fraction of sp³-hybridized carbons (Fsp3) is 0.944. The van der Waals surface area contributed by atoms with E-state index in [9.17, 15) is 14.7 Å². The zero-order chi connectivity index (χ0) is 31.6. The summed E-state index contributed by atoms with van der Waals surface area (Å²) in [5, 5.41) is 12.4. The Hall–Kier alpha value is -1.54. The second kappa shape index (κ2) is 9.98. The van der Waals surface area contributed by atoms with Gasteiger partial charge in [-0.25, -0.2) is 9.59 Å². The number of rotatable bonds is 4. The molecule has 2 saturated heterocycles. The molecular weight excluding hydrogens is 556 g/mol. The molecule has 248 valence electrons.